The first kappa shape index (κ1) is 21.2. The molecule has 6 heteroatoms. The fraction of sp³-hybridized carbons (Fsp3) is 0.667. The lowest BCUT2D eigenvalue weighted by Crippen LogP contribution is -2.46. The maximum Gasteiger partial charge on any atom is 0.409 e. The van der Waals surface area contributed by atoms with Crippen LogP contribution in [0.4, 0.5) is 4.79 Å². The summed E-state index contributed by atoms with van der Waals surface area (Å²) in [6.45, 7) is 8.89. The first-order valence-electron chi connectivity index (χ1n) is 11.5. The largest absolute Gasteiger partial charge is 0.450 e. The lowest BCUT2D eigenvalue weighted by Gasteiger charge is -2.42. The van der Waals surface area contributed by atoms with Crippen LogP contribution >= 0.6 is 0 Å². The Kier molecular flexibility index (Phi) is 6.32. The van der Waals surface area contributed by atoms with Crippen molar-refractivity contribution < 1.29 is 14.3 Å². The van der Waals surface area contributed by atoms with Gasteiger partial charge in [0.2, 0.25) is 5.91 Å². The van der Waals surface area contributed by atoms with E-state index in [4.69, 9.17) is 4.74 Å². The average Bonchev–Trinajstić information content (AvgIpc) is 3.03. The lowest BCUT2D eigenvalue weighted by atomic mass is 9.73. The zero-order valence-electron chi connectivity index (χ0n) is 18.4. The molecule has 0 aromatic heterocycles. The summed E-state index contributed by atoms with van der Waals surface area (Å²) in [6, 6.07) is 8.84. The van der Waals surface area contributed by atoms with Gasteiger partial charge in [-0.3, -0.25) is 4.79 Å². The smallest absolute Gasteiger partial charge is 0.409 e. The third-order valence-electron chi connectivity index (χ3n) is 7.35. The summed E-state index contributed by atoms with van der Waals surface area (Å²) < 4.78 is 5.13. The Labute approximate surface area is 179 Å². The van der Waals surface area contributed by atoms with Gasteiger partial charge in [-0.15, -0.1) is 0 Å². The van der Waals surface area contributed by atoms with Crippen molar-refractivity contribution in [3.05, 3.63) is 35.4 Å². The van der Waals surface area contributed by atoms with Crippen LogP contribution in [-0.4, -0.2) is 61.1 Å². The second kappa shape index (κ2) is 8.96. The molecule has 1 aromatic rings. The molecule has 0 unspecified atom stereocenters. The maximum atomic E-state index is 11.9. The molecule has 1 atom stereocenters. The van der Waals surface area contributed by atoms with Crippen LogP contribution in [0.1, 0.15) is 63.1 Å². The lowest BCUT2D eigenvalue weighted by molar-refractivity contribution is -0.119. The molecule has 164 valence electrons. The van der Waals surface area contributed by atoms with Crippen molar-refractivity contribution in [3.63, 3.8) is 0 Å². The van der Waals surface area contributed by atoms with Gasteiger partial charge in [0, 0.05) is 32.0 Å². The first-order valence-corrected chi connectivity index (χ1v) is 11.5. The normalized spacial score (nSPS) is 23.9. The minimum Gasteiger partial charge on any atom is -0.450 e. The number of ether oxygens (including phenoxy) is 1. The number of carbonyl (C=O) groups is 2. The molecule has 6 nitrogen and oxygen atoms in total. The number of piperidine rings is 2. The van der Waals surface area contributed by atoms with Crippen LogP contribution in [0.5, 0.6) is 0 Å². The molecule has 30 heavy (non-hydrogen) atoms. The van der Waals surface area contributed by atoms with Crippen LogP contribution in [0.3, 0.4) is 0 Å². The number of amides is 2. The number of fused-ring (bicyclic) bond motifs is 2. The number of hydrogen-bond acceptors (Lipinski definition) is 4. The SMILES string of the molecule is CCOC(=O)N1CCC(CN2CCC3(CC2)C[C@H](NC(C)=O)c2ccccc23)CC1. The Morgan fingerprint density at radius 3 is 2.50 bits per heavy atom. The summed E-state index contributed by atoms with van der Waals surface area (Å²) in [4.78, 5) is 28.1. The van der Waals surface area contributed by atoms with Crippen molar-refractivity contribution in [2.24, 2.45) is 5.92 Å². The van der Waals surface area contributed by atoms with Gasteiger partial charge in [-0.25, -0.2) is 4.79 Å². The van der Waals surface area contributed by atoms with Gasteiger partial charge in [-0.05, 0) is 69.2 Å². The van der Waals surface area contributed by atoms with Crippen molar-refractivity contribution >= 4 is 12.0 Å². The zero-order chi connectivity index (χ0) is 21.1. The number of benzene rings is 1. The van der Waals surface area contributed by atoms with E-state index >= 15 is 0 Å². The molecular formula is C24H35N3O3. The van der Waals surface area contributed by atoms with E-state index in [1.807, 2.05) is 11.8 Å². The van der Waals surface area contributed by atoms with Gasteiger partial charge in [0.05, 0.1) is 12.6 Å². The summed E-state index contributed by atoms with van der Waals surface area (Å²) in [5, 5.41) is 3.17. The molecule has 0 radical (unpaired) electrons. The minimum atomic E-state index is -0.163. The Balaban J connectivity index is 1.31. The molecule has 1 N–H and O–H groups in total. The average molecular weight is 414 g/mol. The topological polar surface area (TPSA) is 61.9 Å². The van der Waals surface area contributed by atoms with Crippen LogP contribution in [0, 0.1) is 5.92 Å². The van der Waals surface area contributed by atoms with Crippen molar-refractivity contribution in [2.75, 3.05) is 39.3 Å². The Morgan fingerprint density at radius 1 is 1.13 bits per heavy atom. The van der Waals surface area contributed by atoms with Crippen LogP contribution in [0.15, 0.2) is 24.3 Å². The Hall–Kier alpha value is -2.08. The number of rotatable bonds is 4. The van der Waals surface area contributed by atoms with Gasteiger partial charge in [0.25, 0.3) is 0 Å². The predicted octanol–water partition coefficient (Wildman–Crippen LogP) is 3.47. The fourth-order valence-electron chi connectivity index (χ4n) is 5.78. The van der Waals surface area contributed by atoms with Crippen molar-refractivity contribution in [2.45, 2.75) is 57.4 Å². The van der Waals surface area contributed by atoms with Crippen LogP contribution in [0.25, 0.3) is 0 Å². The monoisotopic (exact) mass is 413 g/mol. The van der Waals surface area contributed by atoms with Gasteiger partial charge in [-0.1, -0.05) is 24.3 Å². The second-order valence-corrected chi connectivity index (χ2v) is 9.25. The number of carbonyl (C=O) groups excluding carboxylic acids is 2. The molecule has 4 rings (SSSR count). The van der Waals surface area contributed by atoms with Gasteiger partial charge in [-0.2, -0.15) is 0 Å². The number of nitrogens with zero attached hydrogens (tertiary/aromatic N) is 2. The number of nitrogens with one attached hydrogen (secondary N) is 1. The summed E-state index contributed by atoms with van der Waals surface area (Å²) >= 11 is 0. The second-order valence-electron chi connectivity index (χ2n) is 9.25. The van der Waals surface area contributed by atoms with E-state index in [0.717, 1.165) is 64.8 Å². The molecule has 3 aliphatic rings. The van der Waals surface area contributed by atoms with E-state index in [0.29, 0.717) is 12.5 Å². The van der Waals surface area contributed by atoms with Crippen molar-refractivity contribution in [3.8, 4) is 0 Å². The summed E-state index contributed by atoms with van der Waals surface area (Å²) in [5.74, 6) is 0.714. The molecule has 2 amide bonds. The fourth-order valence-corrected chi connectivity index (χ4v) is 5.78. The number of likely N-dealkylation sites (tertiary alicyclic amines) is 2. The summed E-state index contributed by atoms with van der Waals surface area (Å²) in [5.41, 5.74) is 2.96. The summed E-state index contributed by atoms with van der Waals surface area (Å²) in [7, 11) is 0. The first-order chi connectivity index (χ1) is 14.5. The quantitative estimate of drug-likeness (QED) is 0.821. The molecule has 0 saturated carbocycles. The highest BCUT2D eigenvalue weighted by Crippen LogP contribution is 2.50. The van der Waals surface area contributed by atoms with E-state index in [1.165, 1.54) is 11.1 Å². The molecular weight excluding hydrogens is 378 g/mol. The minimum absolute atomic E-state index is 0.0541. The van der Waals surface area contributed by atoms with Crippen LogP contribution in [0.2, 0.25) is 0 Å². The predicted molar refractivity (Wildman–Crippen MR) is 116 cm³/mol. The molecule has 2 fully saturated rings. The highest BCUT2D eigenvalue weighted by Gasteiger charge is 2.45. The van der Waals surface area contributed by atoms with E-state index in [-0.39, 0.29) is 23.5 Å². The van der Waals surface area contributed by atoms with Crippen molar-refractivity contribution in [1.82, 2.24) is 15.1 Å². The van der Waals surface area contributed by atoms with Crippen molar-refractivity contribution in [1.29, 1.82) is 0 Å². The maximum absolute atomic E-state index is 11.9. The van der Waals surface area contributed by atoms with Gasteiger partial charge in [0.15, 0.2) is 0 Å². The molecule has 2 saturated heterocycles. The summed E-state index contributed by atoms with van der Waals surface area (Å²) in [6.07, 6.45) is 5.30. The van der Waals surface area contributed by atoms with E-state index in [9.17, 15) is 9.59 Å². The highest BCUT2D eigenvalue weighted by atomic mass is 16.6. The molecule has 1 aliphatic carbocycles. The van der Waals surface area contributed by atoms with Crippen LogP contribution < -0.4 is 5.32 Å². The van der Waals surface area contributed by atoms with Gasteiger partial charge >= 0.3 is 6.09 Å². The third-order valence-corrected chi connectivity index (χ3v) is 7.35. The highest BCUT2D eigenvalue weighted by molar-refractivity contribution is 5.74. The van der Waals surface area contributed by atoms with E-state index in [1.54, 1.807) is 6.92 Å². The van der Waals surface area contributed by atoms with E-state index in [2.05, 4.69) is 34.5 Å². The Bertz CT molecular complexity index is 765. The standard InChI is InChI=1S/C24H35N3O3/c1-3-30-23(29)27-12-8-19(9-13-27)17-26-14-10-24(11-15-26)16-22(25-18(2)28)20-6-4-5-7-21(20)24/h4-7,19,22H,3,8-17H2,1-2H3,(H,25,28)/t22-/m0/s1. The third kappa shape index (κ3) is 4.34. The zero-order valence-corrected chi connectivity index (χ0v) is 18.4. The number of hydrogen-bond donors (Lipinski definition) is 1. The van der Waals surface area contributed by atoms with Gasteiger partial charge in [0.1, 0.15) is 0 Å². The molecule has 1 spiro atoms. The molecule has 0 bridgehead atoms. The molecule has 2 heterocycles. The molecule has 2 aliphatic heterocycles. The molecule has 1 aromatic carbocycles. The van der Waals surface area contributed by atoms with Crippen LogP contribution in [-0.2, 0) is 14.9 Å². The Morgan fingerprint density at radius 2 is 1.83 bits per heavy atom. The van der Waals surface area contributed by atoms with Gasteiger partial charge < -0.3 is 19.9 Å². The van der Waals surface area contributed by atoms with E-state index < -0.39 is 0 Å².